The molecule has 0 aliphatic carbocycles. The molecule has 2 N–H and O–H groups in total. The molecule has 3 aromatic rings. The van der Waals surface area contributed by atoms with Crippen molar-refractivity contribution in [3.63, 3.8) is 0 Å². The van der Waals surface area contributed by atoms with E-state index < -0.39 is 0 Å². The van der Waals surface area contributed by atoms with E-state index in [-0.39, 0.29) is 5.95 Å². The van der Waals surface area contributed by atoms with E-state index in [1.54, 1.807) is 16.9 Å². The highest BCUT2D eigenvalue weighted by Crippen LogP contribution is 2.20. The molecule has 23 heavy (non-hydrogen) atoms. The monoisotopic (exact) mass is 310 g/mol. The zero-order valence-corrected chi connectivity index (χ0v) is 12.7. The molecule has 0 amide bonds. The summed E-state index contributed by atoms with van der Waals surface area (Å²) in [5.41, 5.74) is 7.96. The first-order chi connectivity index (χ1) is 11.3. The molecule has 1 aliphatic heterocycles. The van der Waals surface area contributed by atoms with E-state index in [0.717, 1.165) is 43.8 Å². The third-order valence-electron chi connectivity index (χ3n) is 4.02. The Morgan fingerprint density at radius 2 is 2.04 bits per heavy atom. The average molecular weight is 310 g/mol. The van der Waals surface area contributed by atoms with Crippen molar-refractivity contribution in [2.24, 2.45) is 0 Å². The van der Waals surface area contributed by atoms with Gasteiger partial charge < -0.3 is 10.5 Å². The molecular formula is C16H18N6O. The van der Waals surface area contributed by atoms with Gasteiger partial charge in [-0.15, -0.1) is 0 Å². The van der Waals surface area contributed by atoms with Gasteiger partial charge in [-0.3, -0.25) is 4.90 Å². The van der Waals surface area contributed by atoms with Crippen LogP contribution in [0.4, 0.5) is 5.95 Å². The summed E-state index contributed by atoms with van der Waals surface area (Å²) in [5, 5.41) is 5.51. The Bertz CT molecular complexity index is 824. The molecule has 3 heterocycles. The zero-order chi connectivity index (χ0) is 15.6. The maximum atomic E-state index is 5.68. The number of benzene rings is 1. The fourth-order valence-corrected chi connectivity index (χ4v) is 2.84. The van der Waals surface area contributed by atoms with Crippen LogP contribution in [0.15, 0.2) is 36.7 Å². The van der Waals surface area contributed by atoms with Crippen LogP contribution < -0.4 is 5.73 Å². The highest BCUT2D eigenvalue weighted by Gasteiger charge is 2.12. The maximum Gasteiger partial charge on any atom is 0.221 e. The Labute approximate surface area is 133 Å². The van der Waals surface area contributed by atoms with Crippen molar-refractivity contribution in [3.05, 3.63) is 42.2 Å². The van der Waals surface area contributed by atoms with Crippen LogP contribution >= 0.6 is 0 Å². The summed E-state index contributed by atoms with van der Waals surface area (Å²) < 4.78 is 7.20. The lowest BCUT2D eigenvalue weighted by molar-refractivity contribution is 0.0342. The largest absolute Gasteiger partial charge is 0.379 e. The molecule has 1 saturated heterocycles. The molecule has 7 heteroatoms. The lowest BCUT2D eigenvalue weighted by Crippen LogP contribution is -2.35. The number of aromatic nitrogens is 4. The highest BCUT2D eigenvalue weighted by atomic mass is 16.5. The van der Waals surface area contributed by atoms with E-state index in [1.807, 2.05) is 6.20 Å². The summed E-state index contributed by atoms with van der Waals surface area (Å²) in [4.78, 5) is 10.6. The van der Waals surface area contributed by atoms with E-state index in [1.165, 1.54) is 5.56 Å². The summed E-state index contributed by atoms with van der Waals surface area (Å²) in [7, 11) is 0. The molecule has 1 aliphatic rings. The second kappa shape index (κ2) is 5.94. The van der Waals surface area contributed by atoms with E-state index >= 15 is 0 Å². The van der Waals surface area contributed by atoms with Gasteiger partial charge in [-0.2, -0.15) is 10.1 Å². The smallest absolute Gasteiger partial charge is 0.221 e. The fraction of sp³-hybridized carbons (Fsp3) is 0.312. The van der Waals surface area contributed by atoms with Crippen molar-refractivity contribution in [2.75, 3.05) is 32.0 Å². The number of fused-ring (bicyclic) bond motifs is 1. The van der Waals surface area contributed by atoms with Crippen LogP contribution in [0.1, 0.15) is 5.56 Å². The van der Waals surface area contributed by atoms with Crippen LogP contribution in [-0.2, 0) is 11.3 Å². The molecule has 1 aromatic carbocycles. The van der Waals surface area contributed by atoms with Gasteiger partial charge in [0, 0.05) is 37.3 Å². The van der Waals surface area contributed by atoms with Crippen molar-refractivity contribution in [1.29, 1.82) is 0 Å². The second-order valence-corrected chi connectivity index (χ2v) is 5.61. The summed E-state index contributed by atoms with van der Waals surface area (Å²) in [6, 6.07) is 8.21. The van der Waals surface area contributed by atoms with Crippen LogP contribution in [0.3, 0.4) is 0 Å². The van der Waals surface area contributed by atoms with Gasteiger partial charge in [0.05, 0.1) is 24.9 Å². The Balaban J connectivity index is 1.68. The lowest BCUT2D eigenvalue weighted by atomic mass is 10.1. The summed E-state index contributed by atoms with van der Waals surface area (Å²) >= 11 is 0. The summed E-state index contributed by atoms with van der Waals surface area (Å²) in [6.07, 6.45) is 3.48. The van der Waals surface area contributed by atoms with Crippen LogP contribution in [0, 0.1) is 0 Å². The van der Waals surface area contributed by atoms with Gasteiger partial charge in [0.15, 0.2) is 5.82 Å². The number of morpholine rings is 1. The molecule has 0 spiro atoms. The quantitative estimate of drug-likeness (QED) is 0.783. The summed E-state index contributed by atoms with van der Waals surface area (Å²) in [5.74, 6) is 0.923. The van der Waals surface area contributed by atoms with Crippen molar-refractivity contribution < 1.29 is 4.74 Å². The van der Waals surface area contributed by atoms with Crippen molar-refractivity contribution in [1.82, 2.24) is 24.6 Å². The third-order valence-corrected chi connectivity index (χ3v) is 4.02. The Kier molecular flexibility index (Phi) is 3.64. The van der Waals surface area contributed by atoms with Gasteiger partial charge >= 0.3 is 0 Å². The molecule has 4 rings (SSSR count). The highest BCUT2D eigenvalue weighted by molar-refractivity contribution is 5.80. The first-order valence-corrected chi connectivity index (χ1v) is 7.65. The first-order valence-electron chi connectivity index (χ1n) is 7.65. The van der Waals surface area contributed by atoms with Crippen LogP contribution in [0.25, 0.3) is 16.7 Å². The normalized spacial score (nSPS) is 16.0. The van der Waals surface area contributed by atoms with Gasteiger partial charge in [0.1, 0.15) is 0 Å². The van der Waals surface area contributed by atoms with Crippen molar-refractivity contribution in [3.8, 4) is 5.82 Å². The number of rotatable bonds is 3. The van der Waals surface area contributed by atoms with Crippen LogP contribution in [0.5, 0.6) is 0 Å². The predicted octanol–water partition coefficient (Wildman–Crippen LogP) is 1.23. The van der Waals surface area contributed by atoms with Gasteiger partial charge in [-0.05, 0) is 11.6 Å². The fourth-order valence-electron chi connectivity index (χ4n) is 2.84. The minimum atomic E-state index is 0.246. The maximum absolute atomic E-state index is 5.68. The number of anilines is 1. The van der Waals surface area contributed by atoms with Crippen molar-refractivity contribution in [2.45, 2.75) is 6.54 Å². The Morgan fingerprint density at radius 3 is 2.87 bits per heavy atom. The number of ether oxygens (including phenoxy) is 1. The molecule has 2 aromatic heterocycles. The molecule has 0 unspecified atom stereocenters. The van der Waals surface area contributed by atoms with E-state index in [2.05, 4.69) is 38.2 Å². The third kappa shape index (κ3) is 2.88. The number of nitrogens with two attached hydrogens (primary N) is 1. The first kappa shape index (κ1) is 14.1. The number of nitrogens with zero attached hydrogens (tertiary/aromatic N) is 5. The molecule has 118 valence electrons. The SMILES string of the molecule is Nc1nccc(-n2ncc3ccc(CN4CCOCC4)cc32)n1. The molecule has 7 nitrogen and oxygen atoms in total. The standard InChI is InChI=1S/C16H18N6O/c17-16-18-4-3-15(20-16)22-14-9-12(1-2-13(14)10-19-22)11-21-5-7-23-8-6-21/h1-4,9-10H,5-8,11H2,(H2,17,18,20). The Hall–Kier alpha value is -2.51. The van der Waals surface area contributed by atoms with Crippen LogP contribution in [0.2, 0.25) is 0 Å². The van der Waals surface area contributed by atoms with Gasteiger partial charge in [-0.1, -0.05) is 12.1 Å². The van der Waals surface area contributed by atoms with E-state index in [4.69, 9.17) is 10.5 Å². The number of hydrogen-bond acceptors (Lipinski definition) is 6. The lowest BCUT2D eigenvalue weighted by Gasteiger charge is -2.26. The van der Waals surface area contributed by atoms with Gasteiger partial charge in [-0.25, -0.2) is 9.67 Å². The molecule has 0 saturated carbocycles. The van der Waals surface area contributed by atoms with Crippen molar-refractivity contribution >= 4 is 16.9 Å². The molecule has 0 bridgehead atoms. The zero-order valence-electron chi connectivity index (χ0n) is 12.7. The Morgan fingerprint density at radius 1 is 1.17 bits per heavy atom. The van der Waals surface area contributed by atoms with E-state index in [0.29, 0.717) is 5.82 Å². The number of hydrogen-bond donors (Lipinski definition) is 1. The average Bonchev–Trinajstić information content (AvgIpc) is 2.99. The molecule has 0 atom stereocenters. The number of nitrogen functional groups attached to an aromatic ring is 1. The molecular weight excluding hydrogens is 292 g/mol. The molecule has 1 fully saturated rings. The minimum Gasteiger partial charge on any atom is -0.379 e. The predicted molar refractivity (Wildman–Crippen MR) is 87.2 cm³/mol. The second-order valence-electron chi connectivity index (χ2n) is 5.61. The molecule has 0 radical (unpaired) electrons. The van der Waals surface area contributed by atoms with Gasteiger partial charge in [0.25, 0.3) is 0 Å². The van der Waals surface area contributed by atoms with Crippen LogP contribution in [-0.4, -0.2) is 51.0 Å². The summed E-state index contributed by atoms with van der Waals surface area (Å²) in [6.45, 7) is 4.47. The topological polar surface area (TPSA) is 82.1 Å². The van der Waals surface area contributed by atoms with E-state index in [9.17, 15) is 0 Å². The minimum absolute atomic E-state index is 0.246. The van der Waals surface area contributed by atoms with Gasteiger partial charge in [0.2, 0.25) is 5.95 Å².